The number of unbranched alkanes of at least 4 members (excludes halogenated alkanes) is 1. The molecule has 0 aromatic rings. The average molecular weight is 138 g/mol. The summed E-state index contributed by atoms with van der Waals surface area (Å²) in [6, 6.07) is 0. The summed E-state index contributed by atoms with van der Waals surface area (Å²) in [5.74, 6) is 0.212. The van der Waals surface area contributed by atoms with Gasteiger partial charge in [-0.3, -0.25) is 4.79 Å². The van der Waals surface area contributed by atoms with Gasteiger partial charge in [0.1, 0.15) is 0 Å². The van der Waals surface area contributed by atoms with Crippen LogP contribution in [0.2, 0.25) is 0 Å². The van der Waals surface area contributed by atoms with Crippen molar-refractivity contribution in [2.45, 2.75) is 26.2 Å². The minimum absolute atomic E-state index is 0.212. The third-order valence-electron chi connectivity index (χ3n) is 1.18. The summed E-state index contributed by atoms with van der Waals surface area (Å²) in [7, 11) is 0. The van der Waals surface area contributed by atoms with Gasteiger partial charge in [-0.05, 0) is 25.8 Å². The number of hydrogen-bond acceptors (Lipinski definition) is 1. The molecule has 0 aromatic carbocycles. The van der Waals surface area contributed by atoms with E-state index in [1.54, 1.807) is 12.2 Å². The number of carbonyl (C=O) groups excluding carboxylic acids is 1. The van der Waals surface area contributed by atoms with Crippen molar-refractivity contribution in [1.82, 2.24) is 0 Å². The molecule has 10 heavy (non-hydrogen) atoms. The Hall–Kier alpha value is -0.850. The van der Waals surface area contributed by atoms with Crippen molar-refractivity contribution < 1.29 is 4.79 Å². The zero-order chi connectivity index (χ0) is 7.82. The molecule has 0 saturated carbocycles. The van der Waals surface area contributed by atoms with E-state index in [0.717, 1.165) is 12.8 Å². The van der Waals surface area contributed by atoms with Gasteiger partial charge in [-0.1, -0.05) is 12.2 Å². The third kappa shape index (κ3) is 5.29. The Bertz CT molecular complexity index is 134. The van der Waals surface area contributed by atoms with Crippen LogP contribution in [0.25, 0.3) is 0 Å². The zero-order valence-corrected chi connectivity index (χ0v) is 6.47. The van der Waals surface area contributed by atoms with Gasteiger partial charge in [0.15, 0.2) is 5.78 Å². The Kier molecular flexibility index (Phi) is 5.74. The van der Waals surface area contributed by atoms with E-state index in [1.165, 1.54) is 0 Å². The first-order valence-corrected chi connectivity index (χ1v) is 3.57. The first-order chi connectivity index (χ1) is 4.81. The maximum absolute atomic E-state index is 10.8. The summed E-state index contributed by atoms with van der Waals surface area (Å²) in [6.07, 6.45) is 7.73. The van der Waals surface area contributed by atoms with Crippen LogP contribution >= 0.6 is 0 Å². The summed E-state index contributed by atoms with van der Waals surface area (Å²) in [4.78, 5) is 10.8. The molecule has 0 rings (SSSR count). The second-order valence-electron chi connectivity index (χ2n) is 2.15. The van der Waals surface area contributed by atoms with Crippen molar-refractivity contribution in [3.63, 3.8) is 0 Å². The molecule has 1 heteroatoms. The summed E-state index contributed by atoms with van der Waals surface area (Å²) in [5, 5.41) is 0. The van der Waals surface area contributed by atoms with Gasteiger partial charge in [0.25, 0.3) is 0 Å². The van der Waals surface area contributed by atoms with Crippen molar-refractivity contribution in [2.24, 2.45) is 0 Å². The number of ketones is 1. The average Bonchev–Trinajstić information content (AvgIpc) is 1.89. The van der Waals surface area contributed by atoms with Crippen LogP contribution in [0.5, 0.6) is 0 Å². The molecule has 0 radical (unpaired) electrons. The van der Waals surface area contributed by atoms with Crippen LogP contribution in [0, 0.1) is 0 Å². The van der Waals surface area contributed by atoms with Crippen LogP contribution in [0.3, 0.4) is 0 Å². The Morgan fingerprint density at radius 3 is 2.80 bits per heavy atom. The monoisotopic (exact) mass is 138 g/mol. The van der Waals surface area contributed by atoms with Crippen molar-refractivity contribution >= 4 is 5.78 Å². The van der Waals surface area contributed by atoms with Gasteiger partial charge in [-0.15, -0.1) is 6.58 Å². The molecule has 0 amide bonds. The highest BCUT2D eigenvalue weighted by Crippen LogP contribution is 1.97. The minimum atomic E-state index is 0.212. The van der Waals surface area contributed by atoms with Crippen LogP contribution in [0.15, 0.2) is 24.8 Å². The van der Waals surface area contributed by atoms with Crippen LogP contribution in [-0.2, 0) is 4.79 Å². The topological polar surface area (TPSA) is 17.1 Å². The van der Waals surface area contributed by atoms with E-state index in [4.69, 9.17) is 0 Å². The lowest BCUT2D eigenvalue weighted by molar-refractivity contribution is -0.114. The Labute approximate surface area is 62.4 Å². The second kappa shape index (κ2) is 6.27. The van der Waals surface area contributed by atoms with Crippen LogP contribution in [0.4, 0.5) is 0 Å². The van der Waals surface area contributed by atoms with Crippen molar-refractivity contribution in [2.75, 3.05) is 0 Å². The molecule has 0 spiro atoms. The van der Waals surface area contributed by atoms with E-state index in [2.05, 4.69) is 6.58 Å². The molecule has 0 fully saturated rings. The number of carbonyl (C=O) groups is 1. The van der Waals surface area contributed by atoms with Gasteiger partial charge in [-0.2, -0.15) is 0 Å². The van der Waals surface area contributed by atoms with Crippen molar-refractivity contribution in [3.05, 3.63) is 24.8 Å². The van der Waals surface area contributed by atoms with Gasteiger partial charge < -0.3 is 0 Å². The lowest BCUT2D eigenvalue weighted by atomic mass is 10.2. The minimum Gasteiger partial charge on any atom is -0.295 e. The molecule has 0 aliphatic heterocycles. The SMILES string of the molecule is C=CCCCC(=O)/C=C\C. The maximum Gasteiger partial charge on any atom is 0.155 e. The zero-order valence-electron chi connectivity index (χ0n) is 6.47. The molecule has 0 heterocycles. The first kappa shape index (κ1) is 9.15. The van der Waals surface area contributed by atoms with Crippen LogP contribution < -0.4 is 0 Å². The van der Waals surface area contributed by atoms with Gasteiger partial charge >= 0.3 is 0 Å². The third-order valence-corrected chi connectivity index (χ3v) is 1.18. The van der Waals surface area contributed by atoms with Gasteiger partial charge in [0.05, 0.1) is 0 Å². The maximum atomic E-state index is 10.8. The van der Waals surface area contributed by atoms with Gasteiger partial charge in [0.2, 0.25) is 0 Å². The van der Waals surface area contributed by atoms with E-state index in [9.17, 15) is 4.79 Å². The molecule has 0 bridgehead atoms. The first-order valence-electron chi connectivity index (χ1n) is 3.57. The number of hydrogen-bond donors (Lipinski definition) is 0. The highest BCUT2D eigenvalue weighted by Gasteiger charge is 1.92. The predicted octanol–water partition coefficient (Wildman–Crippen LogP) is 2.49. The van der Waals surface area contributed by atoms with E-state index < -0.39 is 0 Å². The Balaban J connectivity index is 3.30. The summed E-state index contributed by atoms with van der Waals surface area (Å²) in [5.41, 5.74) is 0. The highest BCUT2D eigenvalue weighted by molar-refractivity contribution is 5.89. The molecule has 0 aromatic heterocycles. The summed E-state index contributed by atoms with van der Waals surface area (Å²) >= 11 is 0. The summed E-state index contributed by atoms with van der Waals surface area (Å²) in [6.45, 7) is 5.43. The fourth-order valence-corrected chi connectivity index (χ4v) is 0.690. The van der Waals surface area contributed by atoms with E-state index in [1.807, 2.05) is 13.0 Å². The number of allylic oxidation sites excluding steroid dienone is 3. The molecule has 1 nitrogen and oxygen atoms in total. The lowest BCUT2D eigenvalue weighted by Gasteiger charge is -1.90. The van der Waals surface area contributed by atoms with E-state index in [-0.39, 0.29) is 5.78 Å². The normalized spacial score (nSPS) is 10.1. The molecule has 0 aliphatic carbocycles. The Morgan fingerprint density at radius 2 is 2.30 bits per heavy atom. The van der Waals surface area contributed by atoms with Crippen LogP contribution in [-0.4, -0.2) is 5.78 Å². The fraction of sp³-hybridized carbons (Fsp3) is 0.444. The number of rotatable bonds is 5. The van der Waals surface area contributed by atoms with E-state index in [0.29, 0.717) is 6.42 Å². The van der Waals surface area contributed by atoms with Crippen molar-refractivity contribution in [1.29, 1.82) is 0 Å². The molecule has 0 N–H and O–H groups in total. The molecular weight excluding hydrogens is 124 g/mol. The van der Waals surface area contributed by atoms with E-state index >= 15 is 0 Å². The lowest BCUT2D eigenvalue weighted by Crippen LogP contribution is -1.90. The molecule has 0 atom stereocenters. The smallest absolute Gasteiger partial charge is 0.155 e. The summed E-state index contributed by atoms with van der Waals surface area (Å²) < 4.78 is 0. The largest absolute Gasteiger partial charge is 0.295 e. The fourth-order valence-electron chi connectivity index (χ4n) is 0.690. The molecule has 0 saturated heterocycles. The van der Waals surface area contributed by atoms with Crippen molar-refractivity contribution in [3.8, 4) is 0 Å². The quantitative estimate of drug-likeness (QED) is 0.324. The molecule has 0 aliphatic rings. The van der Waals surface area contributed by atoms with Gasteiger partial charge in [-0.25, -0.2) is 0 Å². The molecule has 0 unspecified atom stereocenters. The predicted molar refractivity (Wildman–Crippen MR) is 43.9 cm³/mol. The standard InChI is InChI=1S/C9H14O/c1-3-5-6-8-9(10)7-4-2/h3-4,7H,1,5-6,8H2,2H3/b7-4-. The second-order valence-corrected chi connectivity index (χ2v) is 2.15. The van der Waals surface area contributed by atoms with Crippen LogP contribution in [0.1, 0.15) is 26.2 Å². The van der Waals surface area contributed by atoms with Gasteiger partial charge in [0, 0.05) is 6.42 Å². The molecular formula is C9H14O. The Morgan fingerprint density at radius 1 is 1.60 bits per heavy atom. The molecule has 56 valence electrons. The highest BCUT2D eigenvalue weighted by atomic mass is 16.1.